The molecule has 0 aliphatic rings. The highest BCUT2D eigenvalue weighted by Gasteiger charge is 2.22. The fraction of sp³-hybridized carbons (Fsp3) is 1.00. The van der Waals surface area contributed by atoms with E-state index in [-0.39, 0.29) is 0 Å². The Labute approximate surface area is 73.4 Å². The van der Waals surface area contributed by atoms with Gasteiger partial charge in [0.2, 0.25) is 3.79 Å². The summed E-state index contributed by atoms with van der Waals surface area (Å²) in [6.07, 6.45) is 0. The Balaban J connectivity index is 3.79. The van der Waals surface area contributed by atoms with E-state index >= 15 is 0 Å². The zero-order valence-electron chi connectivity index (χ0n) is 4.55. The van der Waals surface area contributed by atoms with Gasteiger partial charge < -0.3 is 0 Å². The van der Waals surface area contributed by atoms with E-state index in [0.29, 0.717) is 0 Å². The van der Waals surface area contributed by atoms with Crippen molar-refractivity contribution in [3.05, 3.63) is 0 Å². The van der Waals surface area contributed by atoms with Crippen molar-refractivity contribution in [2.45, 2.75) is 3.79 Å². The van der Waals surface area contributed by atoms with Crippen LogP contribution in [0, 0.1) is 0 Å². The van der Waals surface area contributed by atoms with Crippen LogP contribution in [0.2, 0.25) is 0 Å². The summed E-state index contributed by atoms with van der Waals surface area (Å²) in [4.78, 5) is 0. The van der Waals surface area contributed by atoms with Crippen molar-refractivity contribution in [3.63, 3.8) is 0 Å². The molecule has 0 radical (unpaired) electrons. The second kappa shape index (κ2) is 3.42. The Morgan fingerprint density at radius 3 is 1.90 bits per heavy atom. The monoisotopic (exact) mass is 228 g/mol. The predicted octanol–water partition coefficient (Wildman–Crippen LogP) is 0.577. The van der Waals surface area contributed by atoms with Crippen molar-refractivity contribution in [2.24, 2.45) is 5.14 Å². The highest BCUT2D eigenvalue weighted by atomic mass is 35.6. The second-order valence-electron chi connectivity index (χ2n) is 1.37. The van der Waals surface area contributed by atoms with E-state index in [1.54, 1.807) is 0 Å². The largest absolute Gasteiger partial charge is 0.333 e. The lowest BCUT2D eigenvalue weighted by atomic mass is 10.9. The minimum Gasteiger partial charge on any atom is -0.254 e. The summed E-state index contributed by atoms with van der Waals surface area (Å²) < 4.78 is 22.3. The first-order chi connectivity index (χ1) is 4.21. The Morgan fingerprint density at radius 1 is 1.40 bits per heavy atom. The molecule has 0 bridgehead atoms. The van der Waals surface area contributed by atoms with Crippen LogP contribution in [-0.2, 0) is 14.5 Å². The third-order valence-corrected chi connectivity index (χ3v) is 1.16. The maximum Gasteiger partial charge on any atom is 0.333 e. The average Bonchev–Trinajstić information content (AvgIpc) is 1.57. The van der Waals surface area contributed by atoms with Crippen LogP contribution in [0.3, 0.4) is 0 Å². The molecule has 4 nitrogen and oxygen atoms in total. The highest BCUT2D eigenvalue weighted by molar-refractivity contribution is 7.84. The van der Waals surface area contributed by atoms with Gasteiger partial charge in [-0.3, -0.25) is 4.18 Å². The number of rotatable bonds is 2. The van der Waals surface area contributed by atoms with Crippen LogP contribution >= 0.6 is 34.8 Å². The van der Waals surface area contributed by atoms with Crippen molar-refractivity contribution in [1.82, 2.24) is 0 Å². The third kappa shape index (κ3) is 8.74. The van der Waals surface area contributed by atoms with Gasteiger partial charge in [-0.2, -0.15) is 8.42 Å². The quantitative estimate of drug-likeness (QED) is 0.556. The third-order valence-electron chi connectivity index (χ3n) is 0.387. The molecule has 0 amide bonds. The molecule has 0 aromatic heterocycles. The van der Waals surface area contributed by atoms with Crippen molar-refractivity contribution >= 4 is 45.1 Å². The lowest BCUT2D eigenvalue weighted by molar-refractivity contribution is 0.326. The zero-order chi connectivity index (χ0) is 8.41. The van der Waals surface area contributed by atoms with Gasteiger partial charge in [0.05, 0.1) is 0 Å². The molecule has 0 unspecified atom stereocenters. The topological polar surface area (TPSA) is 69.4 Å². The first-order valence-corrected chi connectivity index (χ1v) is 4.55. The molecule has 0 rings (SSSR count). The molecule has 2 N–H and O–H groups in total. The fourth-order valence-electron chi connectivity index (χ4n) is 0.149. The van der Waals surface area contributed by atoms with E-state index in [1.807, 2.05) is 0 Å². The number of nitrogens with two attached hydrogens (primary N) is 1. The van der Waals surface area contributed by atoms with Crippen LogP contribution in [0.4, 0.5) is 0 Å². The fourth-order valence-corrected chi connectivity index (χ4v) is 0.848. The second-order valence-corrected chi connectivity index (χ2v) is 5.11. The van der Waals surface area contributed by atoms with E-state index < -0.39 is 20.7 Å². The smallest absolute Gasteiger partial charge is 0.254 e. The summed E-state index contributed by atoms with van der Waals surface area (Å²) in [6.45, 7) is -0.587. The number of hydrogen-bond donors (Lipinski definition) is 1. The lowest BCUT2D eigenvalue weighted by Gasteiger charge is -2.08. The highest BCUT2D eigenvalue weighted by Crippen LogP contribution is 2.26. The van der Waals surface area contributed by atoms with E-state index in [9.17, 15) is 8.42 Å². The molecule has 0 aromatic carbocycles. The summed E-state index contributed by atoms with van der Waals surface area (Å²) >= 11 is 15.4. The molecule has 10 heavy (non-hydrogen) atoms. The van der Waals surface area contributed by atoms with Gasteiger partial charge in [-0.1, -0.05) is 34.8 Å². The van der Waals surface area contributed by atoms with Crippen LogP contribution < -0.4 is 5.14 Å². The molecule has 0 aliphatic carbocycles. The summed E-state index contributed by atoms with van der Waals surface area (Å²) in [5, 5.41) is 4.42. The molecule has 8 heteroatoms. The van der Waals surface area contributed by atoms with Crippen molar-refractivity contribution in [1.29, 1.82) is 0 Å². The van der Waals surface area contributed by atoms with Crippen LogP contribution in [0.15, 0.2) is 0 Å². The van der Waals surface area contributed by atoms with Gasteiger partial charge in [0, 0.05) is 0 Å². The van der Waals surface area contributed by atoms with Gasteiger partial charge in [0.15, 0.2) is 0 Å². The number of halogens is 3. The van der Waals surface area contributed by atoms with E-state index in [4.69, 9.17) is 34.8 Å². The maximum absolute atomic E-state index is 10.1. The molecule has 0 aliphatic heterocycles. The minimum absolute atomic E-state index is 0.587. The van der Waals surface area contributed by atoms with Crippen LogP contribution in [0.5, 0.6) is 0 Å². The summed E-state index contributed by atoms with van der Waals surface area (Å²) in [7, 11) is -4.01. The van der Waals surface area contributed by atoms with Crippen LogP contribution in [0.25, 0.3) is 0 Å². The molecule has 0 fully saturated rings. The molecular weight excluding hydrogens is 225 g/mol. The Hall–Kier alpha value is 0.740. The SMILES string of the molecule is [15NH2]S(=O)(=O)OCC(Cl)(Cl)Cl. The number of hydrogen-bond acceptors (Lipinski definition) is 3. The van der Waals surface area contributed by atoms with E-state index in [0.717, 1.165) is 0 Å². The van der Waals surface area contributed by atoms with Crippen LogP contribution in [0.1, 0.15) is 0 Å². The normalized spacial score (nSPS) is 13.6. The van der Waals surface area contributed by atoms with Crippen molar-refractivity contribution in [3.8, 4) is 0 Å². The first kappa shape index (κ1) is 10.7. The van der Waals surface area contributed by atoms with Gasteiger partial charge in [-0.15, -0.1) is 0 Å². The van der Waals surface area contributed by atoms with Gasteiger partial charge in [0.1, 0.15) is 6.61 Å². The molecule has 0 atom stereocenters. The standard InChI is InChI=1S/C2H4Cl3NO3S/c3-2(4,5)1-9-10(6,7)8/h1H2,(H2,6,7,8)/i6+1. The lowest BCUT2D eigenvalue weighted by Crippen LogP contribution is -2.22. The van der Waals surface area contributed by atoms with E-state index in [1.165, 1.54) is 0 Å². The Morgan fingerprint density at radius 2 is 1.80 bits per heavy atom. The van der Waals surface area contributed by atoms with E-state index in [2.05, 4.69) is 9.32 Å². The summed E-state index contributed by atoms with van der Waals surface area (Å²) in [5.41, 5.74) is 0. The maximum atomic E-state index is 10.1. The van der Waals surface area contributed by atoms with Crippen molar-refractivity contribution in [2.75, 3.05) is 6.61 Å². The van der Waals surface area contributed by atoms with Gasteiger partial charge in [0.25, 0.3) is 0 Å². The molecule has 0 saturated heterocycles. The molecule has 0 heterocycles. The number of alkyl halides is 3. The Kier molecular flexibility index (Phi) is 3.68. The zero-order valence-corrected chi connectivity index (χ0v) is 7.64. The molecule has 0 spiro atoms. The average molecular weight is 229 g/mol. The molecule has 62 valence electrons. The molecule has 0 aromatic rings. The first-order valence-electron chi connectivity index (χ1n) is 1.94. The minimum atomic E-state index is -4.01. The van der Waals surface area contributed by atoms with Gasteiger partial charge in [-0.05, 0) is 0 Å². The predicted molar refractivity (Wildman–Crippen MR) is 39.3 cm³/mol. The molecule has 0 saturated carbocycles. The van der Waals surface area contributed by atoms with Gasteiger partial charge >= 0.3 is 10.3 Å². The van der Waals surface area contributed by atoms with Crippen LogP contribution in [-0.4, -0.2) is 18.8 Å². The Bertz CT molecular complexity index is 194. The summed E-state index contributed by atoms with van der Waals surface area (Å²) in [6, 6.07) is 0. The van der Waals surface area contributed by atoms with Gasteiger partial charge in [-0.25, -0.2) is 5.14 Å². The summed E-state index contributed by atoms with van der Waals surface area (Å²) in [5.74, 6) is 0. The molecular formula is C2H4Cl3NO3S. The van der Waals surface area contributed by atoms with Crippen molar-refractivity contribution < 1.29 is 12.6 Å².